The van der Waals surface area contributed by atoms with E-state index >= 15 is 0 Å². The van der Waals surface area contributed by atoms with Crippen LogP contribution in [0.4, 0.5) is 0 Å². The lowest BCUT2D eigenvalue weighted by Gasteiger charge is -2.32. The van der Waals surface area contributed by atoms with E-state index in [0.29, 0.717) is 36.9 Å². The Balaban J connectivity index is 1.52. The average molecular weight is 357 g/mol. The minimum Gasteiger partial charge on any atom is -0.493 e. The van der Waals surface area contributed by atoms with E-state index in [1.54, 1.807) is 26.5 Å². The topological polar surface area (TPSA) is 73.8 Å². The number of benzene rings is 1. The van der Waals surface area contributed by atoms with Gasteiger partial charge in [-0.05, 0) is 17.7 Å². The number of nitrogens with zero attached hydrogens (tertiary/aromatic N) is 3. The van der Waals surface area contributed by atoms with Crippen LogP contribution < -0.4 is 14.2 Å². The second-order valence-corrected chi connectivity index (χ2v) is 6.11. The molecular formula is C19H23N3O4. The molecule has 26 heavy (non-hydrogen) atoms. The molecule has 7 nitrogen and oxygen atoms in total. The Kier molecular flexibility index (Phi) is 5.88. The first-order valence-corrected chi connectivity index (χ1v) is 8.61. The molecule has 1 amide bonds. The lowest BCUT2D eigenvalue weighted by molar-refractivity contribution is -0.132. The highest BCUT2D eigenvalue weighted by molar-refractivity contribution is 5.79. The molecule has 1 aromatic heterocycles. The summed E-state index contributed by atoms with van der Waals surface area (Å²) in [5, 5.41) is 0. The van der Waals surface area contributed by atoms with E-state index in [9.17, 15) is 4.79 Å². The molecule has 0 bridgehead atoms. The van der Waals surface area contributed by atoms with Gasteiger partial charge in [0.05, 0.1) is 20.6 Å². The summed E-state index contributed by atoms with van der Waals surface area (Å²) < 4.78 is 16.4. The van der Waals surface area contributed by atoms with Crippen molar-refractivity contribution in [1.29, 1.82) is 0 Å². The first-order valence-electron chi connectivity index (χ1n) is 8.61. The Labute approximate surface area is 152 Å². The molecule has 0 N–H and O–H groups in total. The van der Waals surface area contributed by atoms with Crippen LogP contribution in [0.15, 0.2) is 36.8 Å². The maximum Gasteiger partial charge on any atom is 0.226 e. The lowest BCUT2D eigenvalue weighted by atomic mass is 10.1. The molecule has 3 rings (SSSR count). The predicted molar refractivity (Wildman–Crippen MR) is 95.5 cm³/mol. The number of rotatable bonds is 6. The Hall–Kier alpha value is -2.83. The summed E-state index contributed by atoms with van der Waals surface area (Å²) in [4.78, 5) is 22.4. The van der Waals surface area contributed by atoms with Crippen molar-refractivity contribution in [2.45, 2.75) is 25.4 Å². The molecule has 1 fully saturated rings. The third-order valence-electron chi connectivity index (χ3n) is 4.44. The van der Waals surface area contributed by atoms with Crippen LogP contribution in [0, 0.1) is 0 Å². The Morgan fingerprint density at radius 2 is 1.92 bits per heavy atom. The fraction of sp³-hybridized carbons (Fsp3) is 0.421. The number of carbonyl (C=O) groups excluding carboxylic acids is 1. The van der Waals surface area contributed by atoms with Gasteiger partial charge in [0.15, 0.2) is 11.5 Å². The van der Waals surface area contributed by atoms with Crippen molar-refractivity contribution >= 4 is 5.91 Å². The van der Waals surface area contributed by atoms with E-state index in [0.717, 1.165) is 18.4 Å². The van der Waals surface area contributed by atoms with Gasteiger partial charge in [-0.3, -0.25) is 4.79 Å². The average Bonchev–Trinajstić information content (AvgIpc) is 2.69. The van der Waals surface area contributed by atoms with Gasteiger partial charge in [0, 0.05) is 38.2 Å². The van der Waals surface area contributed by atoms with E-state index < -0.39 is 0 Å². The molecular weight excluding hydrogens is 334 g/mol. The summed E-state index contributed by atoms with van der Waals surface area (Å²) in [5.74, 6) is 1.98. The molecule has 1 saturated heterocycles. The minimum absolute atomic E-state index is 0.0787. The third-order valence-corrected chi connectivity index (χ3v) is 4.44. The van der Waals surface area contributed by atoms with Crippen LogP contribution in [0.25, 0.3) is 0 Å². The SMILES string of the molecule is COc1ccc(CC(=O)N2CCC(Oc3ccncn3)CC2)cc1OC. The molecule has 7 heteroatoms. The number of hydrogen-bond acceptors (Lipinski definition) is 6. The maximum absolute atomic E-state index is 12.6. The molecule has 1 aliphatic rings. The number of ether oxygens (including phenoxy) is 3. The molecule has 0 atom stereocenters. The molecule has 0 spiro atoms. The molecule has 1 aromatic carbocycles. The summed E-state index contributed by atoms with van der Waals surface area (Å²) in [7, 11) is 3.18. The second-order valence-electron chi connectivity index (χ2n) is 6.11. The zero-order chi connectivity index (χ0) is 18.4. The van der Waals surface area contributed by atoms with Crippen LogP contribution in [0.3, 0.4) is 0 Å². The second kappa shape index (κ2) is 8.51. The van der Waals surface area contributed by atoms with E-state index in [4.69, 9.17) is 14.2 Å². The van der Waals surface area contributed by atoms with E-state index in [1.807, 2.05) is 23.1 Å². The highest BCUT2D eigenvalue weighted by atomic mass is 16.5. The highest BCUT2D eigenvalue weighted by Gasteiger charge is 2.24. The summed E-state index contributed by atoms with van der Waals surface area (Å²) >= 11 is 0. The predicted octanol–water partition coefficient (Wildman–Crippen LogP) is 2.11. The zero-order valence-corrected chi connectivity index (χ0v) is 15.1. The van der Waals surface area contributed by atoms with Gasteiger partial charge in [-0.1, -0.05) is 6.07 Å². The molecule has 2 heterocycles. The quantitative estimate of drug-likeness (QED) is 0.788. The van der Waals surface area contributed by atoms with Gasteiger partial charge < -0.3 is 19.1 Å². The largest absolute Gasteiger partial charge is 0.493 e. The van der Waals surface area contributed by atoms with Gasteiger partial charge in [-0.15, -0.1) is 0 Å². The first-order chi connectivity index (χ1) is 12.7. The van der Waals surface area contributed by atoms with Gasteiger partial charge in [0.1, 0.15) is 12.4 Å². The summed E-state index contributed by atoms with van der Waals surface area (Å²) in [5.41, 5.74) is 0.909. The van der Waals surface area contributed by atoms with Crippen LogP contribution in [-0.4, -0.2) is 54.2 Å². The van der Waals surface area contributed by atoms with Gasteiger partial charge >= 0.3 is 0 Å². The molecule has 2 aromatic rings. The smallest absolute Gasteiger partial charge is 0.226 e. The van der Waals surface area contributed by atoms with Crippen molar-refractivity contribution in [3.05, 3.63) is 42.4 Å². The van der Waals surface area contributed by atoms with Gasteiger partial charge in [-0.25, -0.2) is 9.97 Å². The minimum atomic E-state index is 0.0787. The standard InChI is InChI=1S/C19H23N3O4/c1-24-16-4-3-14(11-17(16)25-2)12-19(23)22-9-6-15(7-10-22)26-18-5-8-20-13-21-18/h3-5,8,11,13,15H,6-7,9-10,12H2,1-2H3. The summed E-state index contributed by atoms with van der Waals surface area (Å²) in [6.07, 6.45) is 5.14. The van der Waals surface area contributed by atoms with Crippen molar-refractivity contribution < 1.29 is 19.0 Å². The van der Waals surface area contributed by atoms with Gasteiger partial charge in [0.2, 0.25) is 11.8 Å². The number of piperidine rings is 1. The van der Waals surface area contributed by atoms with Gasteiger partial charge in [-0.2, -0.15) is 0 Å². The summed E-state index contributed by atoms with van der Waals surface area (Å²) in [6.45, 7) is 1.36. The number of hydrogen-bond donors (Lipinski definition) is 0. The molecule has 138 valence electrons. The molecule has 0 radical (unpaired) electrons. The van der Waals surface area contributed by atoms with Crippen molar-refractivity contribution in [2.24, 2.45) is 0 Å². The van der Waals surface area contributed by atoms with E-state index in [2.05, 4.69) is 9.97 Å². The van der Waals surface area contributed by atoms with Crippen LogP contribution in [0.5, 0.6) is 17.4 Å². The number of carbonyl (C=O) groups is 1. The molecule has 0 saturated carbocycles. The Morgan fingerprint density at radius 1 is 1.15 bits per heavy atom. The summed E-state index contributed by atoms with van der Waals surface area (Å²) in [6, 6.07) is 7.31. The van der Waals surface area contributed by atoms with Crippen molar-refractivity contribution in [3.8, 4) is 17.4 Å². The molecule has 0 aliphatic carbocycles. The number of likely N-dealkylation sites (tertiary alicyclic amines) is 1. The number of aromatic nitrogens is 2. The third kappa shape index (κ3) is 4.41. The van der Waals surface area contributed by atoms with Crippen molar-refractivity contribution in [3.63, 3.8) is 0 Å². The van der Waals surface area contributed by atoms with Crippen LogP contribution >= 0.6 is 0 Å². The molecule has 1 aliphatic heterocycles. The zero-order valence-electron chi connectivity index (χ0n) is 15.1. The number of methoxy groups -OCH3 is 2. The van der Waals surface area contributed by atoms with Crippen molar-refractivity contribution in [2.75, 3.05) is 27.3 Å². The Bertz CT molecular complexity index is 731. The van der Waals surface area contributed by atoms with E-state index in [-0.39, 0.29) is 12.0 Å². The van der Waals surface area contributed by atoms with E-state index in [1.165, 1.54) is 6.33 Å². The monoisotopic (exact) mass is 357 g/mol. The fourth-order valence-electron chi connectivity index (χ4n) is 3.02. The van der Waals surface area contributed by atoms with Crippen LogP contribution in [0.2, 0.25) is 0 Å². The van der Waals surface area contributed by atoms with Gasteiger partial charge in [0.25, 0.3) is 0 Å². The Morgan fingerprint density at radius 3 is 2.58 bits per heavy atom. The highest BCUT2D eigenvalue weighted by Crippen LogP contribution is 2.28. The van der Waals surface area contributed by atoms with Crippen molar-refractivity contribution in [1.82, 2.24) is 14.9 Å². The maximum atomic E-state index is 12.6. The molecule has 0 unspecified atom stereocenters. The van der Waals surface area contributed by atoms with Crippen LogP contribution in [-0.2, 0) is 11.2 Å². The lowest BCUT2D eigenvalue weighted by Crippen LogP contribution is -2.42. The number of amides is 1. The van der Waals surface area contributed by atoms with Crippen LogP contribution in [0.1, 0.15) is 18.4 Å². The fourth-order valence-corrected chi connectivity index (χ4v) is 3.02. The first kappa shape index (κ1) is 18.0. The normalized spacial score (nSPS) is 14.8.